The van der Waals surface area contributed by atoms with Crippen molar-refractivity contribution < 1.29 is 4.39 Å². The molecule has 0 aliphatic rings. The van der Waals surface area contributed by atoms with Crippen molar-refractivity contribution in [1.82, 2.24) is 0 Å². The SMILES string of the molecule is CCCCC(N)C(CN)c1c(F)cccc1Cl. The van der Waals surface area contributed by atoms with Gasteiger partial charge in [0, 0.05) is 29.1 Å². The van der Waals surface area contributed by atoms with Crippen LogP contribution in [0.3, 0.4) is 0 Å². The zero-order chi connectivity index (χ0) is 12.8. The maximum atomic E-state index is 13.8. The molecule has 96 valence electrons. The minimum atomic E-state index is -0.320. The number of rotatable bonds is 6. The summed E-state index contributed by atoms with van der Waals surface area (Å²) >= 11 is 6.03. The van der Waals surface area contributed by atoms with E-state index in [2.05, 4.69) is 6.92 Å². The Hall–Kier alpha value is -0.640. The van der Waals surface area contributed by atoms with Crippen molar-refractivity contribution in [3.63, 3.8) is 0 Å². The molecule has 1 aromatic rings. The predicted molar refractivity (Wildman–Crippen MR) is 70.7 cm³/mol. The average Bonchev–Trinajstić information content (AvgIpc) is 2.31. The number of unbranched alkanes of at least 4 members (excludes halogenated alkanes) is 1. The minimum Gasteiger partial charge on any atom is -0.330 e. The second kappa shape index (κ2) is 6.94. The summed E-state index contributed by atoms with van der Waals surface area (Å²) in [6.45, 7) is 2.41. The van der Waals surface area contributed by atoms with Gasteiger partial charge in [-0.2, -0.15) is 0 Å². The number of hydrogen-bond donors (Lipinski definition) is 2. The maximum Gasteiger partial charge on any atom is 0.128 e. The summed E-state index contributed by atoms with van der Waals surface area (Å²) in [6, 6.07) is 4.52. The van der Waals surface area contributed by atoms with E-state index in [4.69, 9.17) is 23.1 Å². The zero-order valence-corrected chi connectivity index (χ0v) is 10.9. The number of hydrogen-bond acceptors (Lipinski definition) is 2. The standard InChI is InChI=1S/C13H20ClFN2/c1-2-3-7-12(17)9(8-16)13-10(14)5-4-6-11(13)15/h4-6,9,12H,2-3,7-8,16-17H2,1H3. The first-order valence-corrected chi connectivity index (χ1v) is 6.39. The molecule has 17 heavy (non-hydrogen) atoms. The Balaban J connectivity index is 2.93. The van der Waals surface area contributed by atoms with Gasteiger partial charge in [0.05, 0.1) is 0 Å². The van der Waals surface area contributed by atoms with Crippen LogP contribution in [-0.2, 0) is 0 Å². The maximum absolute atomic E-state index is 13.8. The molecule has 0 amide bonds. The highest BCUT2D eigenvalue weighted by Gasteiger charge is 2.23. The molecule has 0 spiro atoms. The van der Waals surface area contributed by atoms with Gasteiger partial charge in [0.2, 0.25) is 0 Å². The second-order valence-corrected chi connectivity index (χ2v) is 4.69. The molecule has 4 N–H and O–H groups in total. The van der Waals surface area contributed by atoms with E-state index in [-0.39, 0.29) is 17.8 Å². The van der Waals surface area contributed by atoms with Crippen LogP contribution in [0.1, 0.15) is 37.7 Å². The van der Waals surface area contributed by atoms with E-state index in [1.165, 1.54) is 6.07 Å². The van der Waals surface area contributed by atoms with Crippen molar-refractivity contribution in [3.05, 3.63) is 34.6 Å². The lowest BCUT2D eigenvalue weighted by atomic mass is 9.88. The fraction of sp³-hybridized carbons (Fsp3) is 0.538. The van der Waals surface area contributed by atoms with Crippen LogP contribution in [0.25, 0.3) is 0 Å². The quantitative estimate of drug-likeness (QED) is 0.824. The molecule has 0 fully saturated rings. The number of benzene rings is 1. The molecule has 0 aliphatic heterocycles. The van der Waals surface area contributed by atoms with Gasteiger partial charge in [0.1, 0.15) is 5.82 Å². The lowest BCUT2D eigenvalue weighted by Gasteiger charge is -2.24. The Morgan fingerprint density at radius 2 is 2.12 bits per heavy atom. The smallest absolute Gasteiger partial charge is 0.128 e. The highest BCUT2D eigenvalue weighted by molar-refractivity contribution is 6.31. The van der Waals surface area contributed by atoms with Crippen LogP contribution in [0.4, 0.5) is 4.39 Å². The van der Waals surface area contributed by atoms with Gasteiger partial charge in [-0.3, -0.25) is 0 Å². The molecule has 0 radical (unpaired) electrons. The van der Waals surface area contributed by atoms with Gasteiger partial charge in [0.25, 0.3) is 0 Å². The van der Waals surface area contributed by atoms with Gasteiger partial charge >= 0.3 is 0 Å². The molecule has 0 heterocycles. The van der Waals surface area contributed by atoms with Gasteiger partial charge < -0.3 is 11.5 Å². The monoisotopic (exact) mass is 258 g/mol. The van der Waals surface area contributed by atoms with Crippen LogP contribution in [0.5, 0.6) is 0 Å². The van der Waals surface area contributed by atoms with E-state index in [1.807, 2.05) is 0 Å². The van der Waals surface area contributed by atoms with Gasteiger partial charge in [-0.15, -0.1) is 0 Å². The van der Waals surface area contributed by atoms with Crippen molar-refractivity contribution >= 4 is 11.6 Å². The Bertz CT molecular complexity index is 337. The largest absolute Gasteiger partial charge is 0.330 e. The molecule has 2 unspecified atom stereocenters. The summed E-state index contributed by atoms with van der Waals surface area (Å²) in [5.74, 6) is -0.532. The first-order chi connectivity index (χ1) is 8.11. The zero-order valence-electron chi connectivity index (χ0n) is 10.1. The molecule has 0 bridgehead atoms. The van der Waals surface area contributed by atoms with Crippen molar-refractivity contribution in [2.45, 2.75) is 38.1 Å². The fourth-order valence-electron chi connectivity index (χ4n) is 2.01. The first-order valence-electron chi connectivity index (χ1n) is 6.01. The van der Waals surface area contributed by atoms with Gasteiger partial charge in [-0.1, -0.05) is 37.4 Å². The van der Waals surface area contributed by atoms with E-state index < -0.39 is 0 Å². The minimum absolute atomic E-state index is 0.144. The highest BCUT2D eigenvalue weighted by atomic mass is 35.5. The Labute approximate surface area is 107 Å². The van der Waals surface area contributed by atoms with Crippen LogP contribution < -0.4 is 11.5 Å². The summed E-state index contributed by atoms with van der Waals surface area (Å²) in [5.41, 5.74) is 12.2. The molecule has 1 rings (SSSR count). The van der Waals surface area contributed by atoms with Crippen molar-refractivity contribution in [1.29, 1.82) is 0 Å². The third-order valence-electron chi connectivity index (χ3n) is 3.03. The highest BCUT2D eigenvalue weighted by Crippen LogP contribution is 2.29. The lowest BCUT2D eigenvalue weighted by Crippen LogP contribution is -2.34. The number of halogens is 2. The molecular formula is C13H20ClFN2. The van der Waals surface area contributed by atoms with E-state index in [9.17, 15) is 4.39 Å². The summed E-state index contributed by atoms with van der Waals surface area (Å²) in [4.78, 5) is 0. The Morgan fingerprint density at radius 1 is 1.41 bits per heavy atom. The first kappa shape index (κ1) is 14.4. The lowest BCUT2D eigenvalue weighted by molar-refractivity contribution is 0.469. The normalized spacial score (nSPS) is 14.6. The molecule has 0 saturated heterocycles. The summed E-state index contributed by atoms with van der Waals surface area (Å²) in [6.07, 6.45) is 2.92. The van der Waals surface area contributed by atoms with Gasteiger partial charge in [0.15, 0.2) is 0 Å². The molecular weight excluding hydrogens is 239 g/mol. The van der Waals surface area contributed by atoms with Crippen molar-refractivity contribution in [3.8, 4) is 0 Å². The molecule has 2 nitrogen and oxygen atoms in total. The van der Waals surface area contributed by atoms with Crippen LogP contribution in [0.15, 0.2) is 18.2 Å². The summed E-state index contributed by atoms with van der Waals surface area (Å²) < 4.78 is 13.8. The predicted octanol–water partition coefficient (Wildman–Crippen LogP) is 3.04. The van der Waals surface area contributed by atoms with Crippen molar-refractivity contribution in [2.24, 2.45) is 11.5 Å². The van der Waals surface area contributed by atoms with Gasteiger partial charge in [-0.05, 0) is 18.6 Å². The molecule has 1 aromatic carbocycles. The Kier molecular flexibility index (Phi) is 5.89. The third kappa shape index (κ3) is 3.66. The van der Waals surface area contributed by atoms with Gasteiger partial charge in [-0.25, -0.2) is 4.39 Å². The third-order valence-corrected chi connectivity index (χ3v) is 3.36. The van der Waals surface area contributed by atoms with Crippen molar-refractivity contribution in [2.75, 3.05) is 6.54 Å². The second-order valence-electron chi connectivity index (χ2n) is 4.28. The van der Waals surface area contributed by atoms with E-state index >= 15 is 0 Å². The summed E-state index contributed by atoms with van der Waals surface area (Å²) in [5, 5.41) is 0.410. The summed E-state index contributed by atoms with van der Waals surface area (Å²) in [7, 11) is 0. The van der Waals surface area contributed by atoms with E-state index in [1.54, 1.807) is 12.1 Å². The number of nitrogens with two attached hydrogens (primary N) is 2. The molecule has 4 heteroatoms. The van der Waals surface area contributed by atoms with E-state index in [0.717, 1.165) is 19.3 Å². The van der Waals surface area contributed by atoms with Crippen LogP contribution >= 0.6 is 11.6 Å². The average molecular weight is 259 g/mol. The molecule has 0 aromatic heterocycles. The Morgan fingerprint density at radius 3 is 2.65 bits per heavy atom. The fourth-order valence-corrected chi connectivity index (χ4v) is 2.32. The topological polar surface area (TPSA) is 52.0 Å². The van der Waals surface area contributed by atoms with Crippen LogP contribution in [0, 0.1) is 5.82 Å². The van der Waals surface area contributed by atoms with E-state index in [0.29, 0.717) is 17.1 Å². The molecule has 2 atom stereocenters. The molecule has 0 saturated carbocycles. The van der Waals surface area contributed by atoms with Crippen LogP contribution in [-0.4, -0.2) is 12.6 Å². The van der Waals surface area contributed by atoms with Crippen LogP contribution in [0.2, 0.25) is 5.02 Å². The molecule has 0 aliphatic carbocycles.